The molecule has 4 heterocycles. The van der Waals surface area contributed by atoms with E-state index in [-0.39, 0.29) is 11.7 Å². The lowest BCUT2D eigenvalue weighted by Gasteiger charge is -2.31. The van der Waals surface area contributed by atoms with Crippen LogP contribution in [0.3, 0.4) is 0 Å². The molecule has 1 N–H and O–H groups in total. The predicted octanol–water partition coefficient (Wildman–Crippen LogP) is 2.99. The molecule has 4 rings (SSSR count). The first-order valence-corrected chi connectivity index (χ1v) is 10.1. The first kappa shape index (κ1) is 21.5. The predicted molar refractivity (Wildman–Crippen MR) is 100 cm³/mol. The van der Waals surface area contributed by atoms with Crippen molar-refractivity contribution in [2.24, 2.45) is 5.92 Å². The number of fused-ring (bicyclic) bond motifs is 3. The van der Waals surface area contributed by atoms with E-state index >= 15 is 0 Å². The van der Waals surface area contributed by atoms with Crippen LogP contribution in [0.1, 0.15) is 35.7 Å². The number of ether oxygens (including phenoxy) is 1. The summed E-state index contributed by atoms with van der Waals surface area (Å²) in [7, 11) is 0. The highest BCUT2D eigenvalue weighted by Crippen LogP contribution is 2.32. The lowest BCUT2D eigenvalue weighted by Crippen LogP contribution is -2.40. The number of pyridine rings is 1. The number of amides is 1. The summed E-state index contributed by atoms with van der Waals surface area (Å²) in [5.74, 6) is -1.75. The Morgan fingerprint density at radius 3 is 2.68 bits per heavy atom. The molecule has 168 valence electrons. The Bertz CT molecular complexity index is 954. The van der Waals surface area contributed by atoms with Gasteiger partial charge >= 0.3 is 12.3 Å². The van der Waals surface area contributed by atoms with Crippen molar-refractivity contribution in [1.82, 2.24) is 19.7 Å². The van der Waals surface area contributed by atoms with Gasteiger partial charge in [-0.3, -0.25) is 0 Å². The standard InChI is InChI=1S/C20H22F4N4O3/c21-15-7-13-1-2-16-8-17(26-28(16)18(13)25-9-15)12-3-5-27(6-4-12)19(30)31-11-14(10-29)20(22,23)24/h7-9,12,14,29H,1-6,10-11H2. The number of aromatic nitrogens is 3. The van der Waals surface area contributed by atoms with Gasteiger partial charge < -0.3 is 14.7 Å². The number of likely N-dealkylation sites (tertiary alicyclic amines) is 1. The maximum atomic E-state index is 13.4. The summed E-state index contributed by atoms with van der Waals surface area (Å²) in [5, 5.41) is 13.5. The van der Waals surface area contributed by atoms with Gasteiger partial charge in [-0.1, -0.05) is 0 Å². The fourth-order valence-electron chi connectivity index (χ4n) is 3.98. The summed E-state index contributed by atoms with van der Waals surface area (Å²) in [5.41, 5.74) is 2.66. The third-order valence-electron chi connectivity index (χ3n) is 5.83. The Kier molecular flexibility index (Phi) is 5.87. The zero-order valence-corrected chi connectivity index (χ0v) is 16.6. The summed E-state index contributed by atoms with van der Waals surface area (Å²) in [4.78, 5) is 17.7. The van der Waals surface area contributed by atoms with Crippen LogP contribution in [0, 0.1) is 11.7 Å². The molecule has 0 radical (unpaired) electrons. The van der Waals surface area contributed by atoms with E-state index in [4.69, 9.17) is 9.84 Å². The van der Waals surface area contributed by atoms with Crippen molar-refractivity contribution in [2.75, 3.05) is 26.3 Å². The smallest absolute Gasteiger partial charge is 0.409 e. The molecule has 1 saturated heterocycles. The van der Waals surface area contributed by atoms with Crippen LogP contribution in [0.25, 0.3) is 5.82 Å². The van der Waals surface area contributed by atoms with Crippen LogP contribution < -0.4 is 0 Å². The van der Waals surface area contributed by atoms with Gasteiger partial charge in [0.15, 0.2) is 5.82 Å². The number of piperidine rings is 1. The van der Waals surface area contributed by atoms with Crippen LogP contribution in [0.15, 0.2) is 18.3 Å². The number of halogens is 4. The number of aryl methyl sites for hydroxylation is 2. The number of alkyl halides is 3. The highest BCUT2D eigenvalue weighted by atomic mass is 19.4. The maximum Gasteiger partial charge on any atom is 0.409 e. The van der Waals surface area contributed by atoms with Crippen molar-refractivity contribution in [3.05, 3.63) is 41.1 Å². The molecule has 1 unspecified atom stereocenters. The quantitative estimate of drug-likeness (QED) is 0.737. The number of carbonyl (C=O) groups is 1. The molecule has 2 aliphatic heterocycles. The SMILES string of the molecule is O=C(OCC(CO)C(F)(F)F)N1CCC(c2cc3n(n2)-c2ncc(F)cc2CC3)CC1. The second kappa shape index (κ2) is 8.45. The lowest BCUT2D eigenvalue weighted by atomic mass is 9.93. The van der Waals surface area contributed by atoms with Gasteiger partial charge in [0.2, 0.25) is 0 Å². The third kappa shape index (κ3) is 4.51. The molecular weight excluding hydrogens is 420 g/mol. The second-order valence-corrected chi connectivity index (χ2v) is 7.87. The van der Waals surface area contributed by atoms with E-state index in [1.165, 1.54) is 17.2 Å². The summed E-state index contributed by atoms with van der Waals surface area (Å²) in [6.45, 7) is -1.36. The molecule has 0 spiro atoms. The molecule has 2 aromatic heterocycles. The fourth-order valence-corrected chi connectivity index (χ4v) is 3.98. The first-order chi connectivity index (χ1) is 14.8. The summed E-state index contributed by atoms with van der Waals surface area (Å²) in [6, 6.07) is 3.47. The number of rotatable bonds is 4. The zero-order chi connectivity index (χ0) is 22.2. The maximum absolute atomic E-state index is 13.4. The Balaban J connectivity index is 1.36. The number of hydrogen-bond acceptors (Lipinski definition) is 5. The van der Waals surface area contributed by atoms with E-state index in [0.29, 0.717) is 38.2 Å². The van der Waals surface area contributed by atoms with Crippen molar-refractivity contribution in [2.45, 2.75) is 37.8 Å². The third-order valence-corrected chi connectivity index (χ3v) is 5.83. The van der Waals surface area contributed by atoms with E-state index in [1.807, 2.05) is 6.07 Å². The van der Waals surface area contributed by atoms with Gasteiger partial charge in [-0.05, 0) is 37.8 Å². The van der Waals surface area contributed by atoms with Crippen molar-refractivity contribution in [3.8, 4) is 5.82 Å². The van der Waals surface area contributed by atoms with Gasteiger partial charge in [-0.25, -0.2) is 18.9 Å². The molecule has 0 saturated carbocycles. The highest BCUT2D eigenvalue weighted by Gasteiger charge is 2.40. The zero-order valence-electron chi connectivity index (χ0n) is 16.6. The molecule has 2 aliphatic rings. The Hall–Kier alpha value is -2.69. The molecule has 11 heteroatoms. The summed E-state index contributed by atoms with van der Waals surface area (Å²) in [6.07, 6.45) is -1.67. The van der Waals surface area contributed by atoms with Crippen molar-refractivity contribution >= 4 is 6.09 Å². The van der Waals surface area contributed by atoms with Gasteiger partial charge in [0.1, 0.15) is 18.3 Å². The molecule has 1 amide bonds. The number of hydrogen-bond donors (Lipinski definition) is 1. The average molecular weight is 442 g/mol. The molecule has 1 atom stereocenters. The van der Waals surface area contributed by atoms with Gasteiger partial charge in [0.25, 0.3) is 0 Å². The molecule has 31 heavy (non-hydrogen) atoms. The first-order valence-electron chi connectivity index (χ1n) is 10.1. The summed E-state index contributed by atoms with van der Waals surface area (Å²) >= 11 is 0. The van der Waals surface area contributed by atoms with Gasteiger partial charge in [0, 0.05) is 30.3 Å². The van der Waals surface area contributed by atoms with E-state index in [2.05, 4.69) is 10.1 Å². The second-order valence-electron chi connectivity index (χ2n) is 7.87. The van der Waals surface area contributed by atoms with Crippen LogP contribution in [0.5, 0.6) is 0 Å². The minimum atomic E-state index is -4.62. The lowest BCUT2D eigenvalue weighted by molar-refractivity contribution is -0.193. The van der Waals surface area contributed by atoms with Crippen molar-refractivity contribution in [3.63, 3.8) is 0 Å². The van der Waals surface area contributed by atoms with Crippen LogP contribution >= 0.6 is 0 Å². The molecule has 2 aromatic rings. The highest BCUT2D eigenvalue weighted by molar-refractivity contribution is 5.67. The topological polar surface area (TPSA) is 80.5 Å². The normalized spacial score (nSPS) is 17.8. The molecule has 0 aliphatic carbocycles. The van der Waals surface area contributed by atoms with Crippen molar-refractivity contribution < 1.29 is 32.2 Å². The Labute approximate surface area is 175 Å². The molecule has 1 fully saturated rings. The number of nitrogens with zero attached hydrogens (tertiary/aromatic N) is 4. The van der Waals surface area contributed by atoms with Gasteiger partial charge in [-0.15, -0.1) is 0 Å². The van der Waals surface area contributed by atoms with Gasteiger partial charge in [-0.2, -0.15) is 18.3 Å². The fraction of sp³-hybridized carbons (Fsp3) is 0.550. The van der Waals surface area contributed by atoms with E-state index in [9.17, 15) is 22.4 Å². The number of aliphatic hydroxyl groups excluding tert-OH is 1. The van der Waals surface area contributed by atoms with Crippen molar-refractivity contribution in [1.29, 1.82) is 0 Å². The Morgan fingerprint density at radius 1 is 1.26 bits per heavy atom. The monoisotopic (exact) mass is 442 g/mol. The van der Waals surface area contributed by atoms with Gasteiger partial charge in [0.05, 0.1) is 18.5 Å². The largest absolute Gasteiger partial charge is 0.449 e. The molecule has 0 bridgehead atoms. The van der Waals surface area contributed by atoms with E-state index in [1.54, 1.807) is 4.68 Å². The number of aliphatic hydroxyl groups is 1. The van der Waals surface area contributed by atoms with E-state index < -0.39 is 31.4 Å². The average Bonchev–Trinajstić information content (AvgIpc) is 3.17. The summed E-state index contributed by atoms with van der Waals surface area (Å²) < 4.78 is 57.9. The van der Waals surface area contributed by atoms with Crippen LogP contribution in [0.4, 0.5) is 22.4 Å². The molecule has 7 nitrogen and oxygen atoms in total. The molecular formula is C20H22F4N4O3. The Morgan fingerprint density at radius 2 is 2.00 bits per heavy atom. The van der Waals surface area contributed by atoms with Crippen LogP contribution in [-0.2, 0) is 17.6 Å². The van der Waals surface area contributed by atoms with E-state index in [0.717, 1.165) is 23.4 Å². The minimum absolute atomic E-state index is 0.0893. The minimum Gasteiger partial charge on any atom is -0.449 e. The number of carbonyl (C=O) groups excluding carboxylic acids is 1. The molecule has 0 aromatic carbocycles. The van der Waals surface area contributed by atoms with Crippen LogP contribution in [0.2, 0.25) is 0 Å². The van der Waals surface area contributed by atoms with Crippen LogP contribution in [-0.4, -0.2) is 63.3 Å².